The summed E-state index contributed by atoms with van der Waals surface area (Å²) in [7, 11) is 0. The number of aromatic nitrogens is 1. The SMILES string of the molecule is C/C(=N/OC(=O)c1ccc(Cl)cc1)c1csc(COc2ccc(Cl)cc2)n1. The lowest BCUT2D eigenvalue weighted by Crippen LogP contribution is -2.04. The van der Waals surface area contributed by atoms with E-state index in [2.05, 4.69) is 10.1 Å². The maximum Gasteiger partial charge on any atom is 0.365 e. The lowest BCUT2D eigenvalue weighted by Gasteiger charge is -2.03. The van der Waals surface area contributed by atoms with Crippen LogP contribution in [0.15, 0.2) is 59.1 Å². The molecule has 3 aromatic rings. The molecule has 0 saturated heterocycles. The van der Waals surface area contributed by atoms with Crippen LogP contribution in [0, 0.1) is 0 Å². The first-order valence-electron chi connectivity index (χ1n) is 7.86. The molecule has 0 aliphatic heterocycles. The minimum atomic E-state index is -0.562. The van der Waals surface area contributed by atoms with Gasteiger partial charge in [-0.2, -0.15) is 0 Å². The van der Waals surface area contributed by atoms with Gasteiger partial charge in [-0.1, -0.05) is 28.4 Å². The summed E-state index contributed by atoms with van der Waals surface area (Å²) >= 11 is 13.1. The van der Waals surface area contributed by atoms with Gasteiger partial charge >= 0.3 is 5.97 Å². The molecule has 5 nitrogen and oxygen atoms in total. The van der Waals surface area contributed by atoms with Crippen molar-refractivity contribution in [1.29, 1.82) is 0 Å². The Morgan fingerprint density at radius 2 is 1.70 bits per heavy atom. The highest BCUT2D eigenvalue weighted by atomic mass is 35.5. The van der Waals surface area contributed by atoms with Gasteiger partial charge in [0.25, 0.3) is 0 Å². The van der Waals surface area contributed by atoms with Crippen LogP contribution in [0.25, 0.3) is 0 Å². The van der Waals surface area contributed by atoms with E-state index in [-0.39, 0.29) is 0 Å². The Balaban J connectivity index is 1.57. The molecule has 0 aliphatic carbocycles. The summed E-state index contributed by atoms with van der Waals surface area (Å²) in [5.41, 5.74) is 1.48. The molecule has 0 bridgehead atoms. The van der Waals surface area contributed by atoms with Gasteiger partial charge in [-0.3, -0.25) is 0 Å². The fourth-order valence-corrected chi connectivity index (χ4v) is 3.02. The second kappa shape index (κ2) is 8.99. The molecule has 8 heteroatoms. The largest absolute Gasteiger partial charge is 0.486 e. The van der Waals surface area contributed by atoms with E-state index in [0.29, 0.717) is 39.4 Å². The van der Waals surface area contributed by atoms with Crippen molar-refractivity contribution in [2.75, 3.05) is 0 Å². The van der Waals surface area contributed by atoms with E-state index in [0.717, 1.165) is 5.01 Å². The average molecular weight is 421 g/mol. The molecule has 0 saturated carbocycles. The van der Waals surface area contributed by atoms with Crippen molar-refractivity contribution in [1.82, 2.24) is 4.98 Å². The van der Waals surface area contributed by atoms with Crippen LogP contribution in [0.4, 0.5) is 0 Å². The number of hydrogen-bond donors (Lipinski definition) is 0. The summed E-state index contributed by atoms with van der Waals surface area (Å²) in [4.78, 5) is 21.4. The number of halogens is 2. The van der Waals surface area contributed by atoms with Crippen LogP contribution in [-0.2, 0) is 11.4 Å². The number of benzene rings is 2. The van der Waals surface area contributed by atoms with Crippen LogP contribution in [0.5, 0.6) is 5.75 Å². The Morgan fingerprint density at radius 3 is 2.37 bits per heavy atom. The molecule has 2 aromatic carbocycles. The van der Waals surface area contributed by atoms with E-state index >= 15 is 0 Å². The molecule has 1 aromatic heterocycles. The molecule has 138 valence electrons. The fourth-order valence-electron chi connectivity index (χ4n) is 2.01. The lowest BCUT2D eigenvalue weighted by atomic mass is 10.2. The fraction of sp³-hybridized carbons (Fsp3) is 0.105. The van der Waals surface area contributed by atoms with E-state index < -0.39 is 5.97 Å². The number of nitrogens with zero attached hydrogens (tertiary/aromatic N) is 2. The van der Waals surface area contributed by atoms with Crippen LogP contribution >= 0.6 is 34.5 Å². The van der Waals surface area contributed by atoms with Gasteiger partial charge < -0.3 is 9.57 Å². The standard InChI is InChI=1S/C19H14Cl2N2O3S/c1-12(23-26-19(24)13-2-4-14(20)5-3-13)17-11-27-18(22-17)10-25-16-8-6-15(21)7-9-16/h2-9,11H,10H2,1H3/b23-12-. The van der Waals surface area contributed by atoms with Crippen LogP contribution in [0.2, 0.25) is 10.0 Å². The van der Waals surface area contributed by atoms with E-state index in [1.54, 1.807) is 55.5 Å². The van der Waals surface area contributed by atoms with E-state index in [9.17, 15) is 4.79 Å². The van der Waals surface area contributed by atoms with Crippen LogP contribution in [-0.4, -0.2) is 16.7 Å². The first-order chi connectivity index (χ1) is 13.0. The Morgan fingerprint density at radius 1 is 1.07 bits per heavy atom. The predicted octanol–water partition coefficient (Wildman–Crippen LogP) is 5.61. The summed E-state index contributed by atoms with van der Waals surface area (Å²) in [6.07, 6.45) is 0. The van der Waals surface area contributed by atoms with Gasteiger partial charge in [0, 0.05) is 15.4 Å². The molecule has 0 amide bonds. The number of carbonyl (C=O) groups excluding carboxylic acids is 1. The Labute approximate surface area is 170 Å². The highest BCUT2D eigenvalue weighted by Crippen LogP contribution is 2.18. The summed E-state index contributed by atoms with van der Waals surface area (Å²) in [6, 6.07) is 13.5. The molecule has 0 spiro atoms. The van der Waals surface area contributed by atoms with Crippen molar-refractivity contribution in [3.63, 3.8) is 0 Å². The number of thiazole rings is 1. The van der Waals surface area contributed by atoms with Crippen LogP contribution in [0.3, 0.4) is 0 Å². The molecule has 0 N–H and O–H groups in total. The number of carbonyl (C=O) groups is 1. The van der Waals surface area contributed by atoms with Gasteiger partial charge in [0.2, 0.25) is 0 Å². The molecule has 0 aliphatic rings. The third-order valence-electron chi connectivity index (χ3n) is 3.44. The van der Waals surface area contributed by atoms with Gasteiger partial charge in [-0.05, 0) is 55.5 Å². The molecule has 0 radical (unpaired) electrons. The third-order valence-corrected chi connectivity index (χ3v) is 4.77. The van der Waals surface area contributed by atoms with Crippen LogP contribution in [0.1, 0.15) is 28.0 Å². The highest BCUT2D eigenvalue weighted by Gasteiger charge is 2.10. The van der Waals surface area contributed by atoms with Crippen LogP contribution < -0.4 is 4.74 Å². The number of rotatable bonds is 6. The number of hydrogen-bond acceptors (Lipinski definition) is 6. The second-order valence-electron chi connectivity index (χ2n) is 5.43. The zero-order valence-corrected chi connectivity index (χ0v) is 16.5. The minimum absolute atomic E-state index is 0.324. The van der Waals surface area contributed by atoms with Gasteiger partial charge in [0.1, 0.15) is 23.1 Å². The first kappa shape index (κ1) is 19.4. The molecular weight excluding hydrogens is 407 g/mol. The van der Waals surface area contributed by atoms with Crippen molar-refractivity contribution in [3.8, 4) is 5.75 Å². The molecule has 27 heavy (non-hydrogen) atoms. The van der Waals surface area contributed by atoms with Crippen molar-refractivity contribution < 1.29 is 14.4 Å². The molecule has 0 fully saturated rings. The normalized spacial score (nSPS) is 11.3. The molecule has 0 atom stereocenters. The summed E-state index contributed by atoms with van der Waals surface area (Å²) < 4.78 is 5.66. The third kappa shape index (κ3) is 5.53. The molecule has 0 unspecified atom stereocenters. The first-order valence-corrected chi connectivity index (χ1v) is 9.49. The minimum Gasteiger partial charge on any atom is -0.486 e. The topological polar surface area (TPSA) is 60.8 Å². The summed E-state index contributed by atoms with van der Waals surface area (Å²) in [5.74, 6) is 0.144. The van der Waals surface area contributed by atoms with E-state index in [4.69, 9.17) is 32.8 Å². The van der Waals surface area contributed by atoms with Crippen molar-refractivity contribution in [2.45, 2.75) is 13.5 Å². The van der Waals surface area contributed by atoms with Crippen molar-refractivity contribution in [3.05, 3.63) is 80.2 Å². The van der Waals surface area contributed by atoms with E-state index in [1.807, 2.05) is 5.38 Å². The maximum absolute atomic E-state index is 12.0. The Hall–Kier alpha value is -2.41. The van der Waals surface area contributed by atoms with Gasteiger partial charge in [0.05, 0.1) is 11.3 Å². The molecular formula is C19H14Cl2N2O3S. The van der Waals surface area contributed by atoms with Gasteiger partial charge in [-0.25, -0.2) is 9.78 Å². The second-order valence-corrected chi connectivity index (χ2v) is 7.25. The van der Waals surface area contributed by atoms with Crippen molar-refractivity contribution in [2.24, 2.45) is 5.16 Å². The molecule has 3 rings (SSSR count). The lowest BCUT2D eigenvalue weighted by molar-refractivity contribution is 0.0516. The smallest absolute Gasteiger partial charge is 0.365 e. The van der Waals surface area contributed by atoms with Crippen molar-refractivity contribution >= 4 is 46.2 Å². The Bertz CT molecular complexity index is 954. The number of ether oxygens (including phenoxy) is 1. The van der Waals surface area contributed by atoms with Gasteiger partial charge in [0.15, 0.2) is 0 Å². The summed E-state index contributed by atoms with van der Waals surface area (Å²) in [6.45, 7) is 2.04. The quantitative estimate of drug-likeness (QED) is 0.295. The monoisotopic (exact) mass is 420 g/mol. The maximum atomic E-state index is 12.0. The van der Waals surface area contributed by atoms with E-state index in [1.165, 1.54) is 11.3 Å². The zero-order chi connectivity index (χ0) is 19.2. The predicted molar refractivity (Wildman–Crippen MR) is 107 cm³/mol. The average Bonchev–Trinajstić information content (AvgIpc) is 3.15. The van der Waals surface area contributed by atoms with Gasteiger partial charge in [-0.15, -0.1) is 11.3 Å². The zero-order valence-electron chi connectivity index (χ0n) is 14.2. The summed E-state index contributed by atoms with van der Waals surface area (Å²) in [5, 5.41) is 7.66. The highest BCUT2D eigenvalue weighted by molar-refractivity contribution is 7.09. The number of oxime groups is 1. The molecule has 1 heterocycles. The Kier molecular flexibility index (Phi) is 6.45.